The molecule has 1 aromatic heterocycles. The number of fused-ring (bicyclic) bond motifs is 4. The first kappa shape index (κ1) is 23.5. The van der Waals surface area contributed by atoms with E-state index >= 15 is 0 Å². The molecule has 2 aliphatic rings. The largest absolute Gasteiger partial charge is 0.547 e. The minimum Gasteiger partial charge on any atom is -0.547 e. The quantitative estimate of drug-likeness (QED) is 0.539. The normalized spacial score (nSPS) is 20.6. The molecule has 0 radical (unpaired) electrons. The topological polar surface area (TPSA) is 132 Å². The minimum absolute atomic E-state index is 0.0557. The molecular formula is C17H27N3O7S2. The molecule has 1 aromatic rings. The molecule has 2 N–H and O–H groups in total. The number of hydrogen-bond donors (Lipinski definition) is 2. The van der Waals surface area contributed by atoms with Crippen molar-refractivity contribution in [2.24, 2.45) is 0 Å². The molecule has 29 heavy (non-hydrogen) atoms. The van der Waals surface area contributed by atoms with E-state index in [0.29, 0.717) is 21.9 Å². The molecule has 0 unspecified atom stereocenters. The van der Waals surface area contributed by atoms with Gasteiger partial charge in [0.15, 0.2) is 0 Å². The number of aliphatic carboxylic acids is 1. The number of rotatable bonds is 7. The lowest BCUT2D eigenvalue weighted by Gasteiger charge is -2.30. The van der Waals surface area contributed by atoms with Crippen LogP contribution in [0.4, 0.5) is 4.79 Å². The molecule has 164 valence electrons. The van der Waals surface area contributed by atoms with Crippen molar-refractivity contribution >= 4 is 33.7 Å². The Labute approximate surface area is 174 Å². The first-order valence-corrected chi connectivity index (χ1v) is 11.7. The van der Waals surface area contributed by atoms with E-state index in [4.69, 9.17) is 4.55 Å². The molecule has 0 saturated carbocycles. The smallest absolute Gasteiger partial charge is 0.418 e. The van der Waals surface area contributed by atoms with Crippen LogP contribution in [0.2, 0.25) is 0 Å². The molecule has 1 saturated heterocycles. The summed E-state index contributed by atoms with van der Waals surface area (Å²) >= 11 is 1.23. The maximum absolute atomic E-state index is 12.2. The van der Waals surface area contributed by atoms with Crippen molar-refractivity contribution in [1.29, 1.82) is 0 Å². The number of urea groups is 1. The average Bonchev–Trinajstić information content (AvgIpc) is 3.19. The molecule has 2 atom stereocenters. The van der Waals surface area contributed by atoms with Gasteiger partial charge in [0.2, 0.25) is 0 Å². The van der Waals surface area contributed by atoms with Crippen LogP contribution >= 0.6 is 11.3 Å². The van der Waals surface area contributed by atoms with E-state index in [1.807, 2.05) is 6.92 Å². The molecule has 0 spiro atoms. The van der Waals surface area contributed by atoms with Gasteiger partial charge in [0, 0.05) is 9.75 Å². The van der Waals surface area contributed by atoms with Gasteiger partial charge in [-0.05, 0) is 38.8 Å². The standard InChI is InChI=1S/C11H12N2O7S2.C6H15N/c1-2-5-3-6-7-4-12(8(10(14)15)9(6)21-5)11(16)13(7)20-22(17,18)19;1-4-7(5-2)6-3/h3,7-8H,2,4H2,1H3,(H,14,15)(H,17,18,19);4-6H2,1-3H3/t7-,8+;/m1./s1. The number of amides is 2. The van der Waals surface area contributed by atoms with Crippen molar-refractivity contribution in [3.05, 3.63) is 21.4 Å². The van der Waals surface area contributed by atoms with Crippen molar-refractivity contribution in [2.45, 2.75) is 46.2 Å². The Morgan fingerprint density at radius 2 is 1.90 bits per heavy atom. The molecule has 0 aliphatic carbocycles. The number of thiophene rings is 1. The number of nitrogens with one attached hydrogen (secondary N) is 1. The number of carboxylic acid groups (broad SMARTS) is 1. The van der Waals surface area contributed by atoms with Gasteiger partial charge in [-0.25, -0.2) is 4.79 Å². The van der Waals surface area contributed by atoms with Crippen LogP contribution in [0.1, 0.15) is 55.1 Å². The lowest BCUT2D eigenvalue weighted by atomic mass is 9.99. The maximum Gasteiger partial charge on any atom is 0.418 e. The second-order valence-corrected chi connectivity index (χ2v) is 8.87. The Kier molecular flexibility index (Phi) is 7.62. The summed E-state index contributed by atoms with van der Waals surface area (Å²) in [6.45, 7) is 12.3. The van der Waals surface area contributed by atoms with Crippen molar-refractivity contribution in [2.75, 3.05) is 26.2 Å². The maximum atomic E-state index is 12.2. The Hall–Kier alpha value is -1.73. The summed E-state index contributed by atoms with van der Waals surface area (Å²) in [5.74, 6) is -1.45. The number of carbonyl (C=O) groups excluding carboxylic acids is 2. The summed E-state index contributed by atoms with van der Waals surface area (Å²) in [5.41, 5.74) is 0.502. The first-order chi connectivity index (χ1) is 13.6. The fraction of sp³-hybridized carbons (Fsp3) is 0.647. The predicted octanol–water partition coefficient (Wildman–Crippen LogP) is -0.441. The number of carboxylic acids is 1. The van der Waals surface area contributed by atoms with E-state index in [2.05, 4.69) is 25.1 Å². The number of hydroxylamine groups is 2. The first-order valence-electron chi connectivity index (χ1n) is 9.51. The van der Waals surface area contributed by atoms with Crippen LogP contribution < -0.4 is 10.0 Å². The zero-order chi connectivity index (χ0) is 21.9. The summed E-state index contributed by atoms with van der Waals surface area (Å²) in [6.07, 6.45) is 0.664. The van der Waals surface area contributed by atoms with E-state index in [-0.39, 0.29) is 6.54 Å². The van der Waals surface area contributed by atoms with Gasteiger partial charge in [0.05, 0.1) is 32.1 Å². The van der Waals surface area contributed by atoms with Crippen molar-refractivity contribution in [3.63, 3.8) is 0 Å². The van der Waals surface area contributed by atoms with Crippen molar-refractivity contribution in [1.82, 2.24) is 9.96 Å². The summed E-state index contributed by atoms with van der Waals surface area (Å²) in [7, 11) is -4.90. The fourth-order valence-corrected chi connectivity index (χ4v) is 5.10. The summed E-state index contributed by atoms with van der Waals surface area (Å²) in [5, 5.41) is 11.9. The third-order valence-corrected chi connectivity index (χ3v) is 6.79. The van der Waals surface area contributed by atoms with Gasteiger partial charge >= 0.3 is 16.4 Å². The van der Waals surface area contributed by atoms with Crippen LogP contribution in [0, 0.1) is 0 Å². The van der Waals surface area contributed by atoms with Crippen molar-refractivity contribution < 1.29 is 36.8 Å². The number of aryl methyl sites for hydroxylation is 1. The number of nitrogens with zero attached hydrogens (tertiary/aromatic N) is 2. The molecule has 3 heterocycles. The fourth-order valence-electron chi connectivity index (χ4n) is 3.47. The van der Waals surface area contributed by atoms with Crippen molar-refractivity contribution in [3.8, 4) is 0 Å². The predicted molar refractivity (Wildman–Crippen MR) is 103 cm³/mol. The summed E-state index contributed by atoms with van der Waals surface area (Å²) in [4.78, 5) is 27.5. The third-order valence-electron chi connectivity index (χ3n) is 5.09. The molecule has 2 amide bonds. The third kappa shape index (κ3) is 5.07. The summed E-state index contributed by atoms with van der Waals surface area (Å²) < 4.78 is 34.9. The zero-order valence-electron chi connectivity index (χ0n) is 16.9. The average molecular weight is 450 g/mol. The Morgan fingerprint density at radius 1 is 1.31 bits per heavy atom. The SMILES string of the molecule is CC[NH+](CC)CC.CCc1cc2c(s1)[C@@H](C(=O)[O-])N1C[C@H]2N(OS(=O)(=O)O)C1=O. The Bertz CT molecular complexity index is 846. The highest BCUT2D eigenvalue weighted by Gasteiger charge is 2.51. The highest BCUT2D eigenvalue weighted by atomic mass is 32.3. The number of carbonyl (C=O) groups is 2. The molecule has 1 fully saturated rings. The number of hydrogen-bond acceptors (Lipinski definition) is 7. The molecular weight excluding hydrogens is 422 g/mol. The van der Waals surface area contributed by atoms with Gasteiger partial charge in [-0.15, -0.1) is 15.6 Å². The van der Waals surface area contributed by atoms with Gasteiger partial charge in [0.1, 0.15) is 12.1 Å². The van der Waals surface area contributed by atoms with Crippen LogP contribution in [0.3, 0.4) is 0 Å². The van der Waals surface area contributed by atoms with Gasteiger partial charge in [-0.1, -0.05) is 6.92 Å². The second kappa shape index (κ2) is 9.39. The van der Waals surface area contributed by atoms with E-state index in [0.717, 1.165) is 9.78 Å². The van der Waals surface area contributed by atoms with E-state index < -0.39 is 34.5 Å². The molecule has 2 aliphatic heterocycles. The second-order valence-electron chi connectivity index (χ2n) is 6.70. The number of quaternary nitrogens is 1. The van der Waals surface area contributed by atoms with E-state index in [9.17, 15) is 23.1 Å². The molecule has 12 heteroatoms. The van der Waals surface area contributed by atoms with E-state index in [1.54, 1.807) is 11.0 Å². The van der Waals surface area contributed by atoms with Gasteiger partial charge in [-0.3, -0.25) is 4.55 Å². The van der Waals surface area contributed by atoms with Crippen LogP contribution in [0.5, 0.6) is 0 Å². The van der Waals surface area contributed by atoms with Gasteiger partial charge in [-0.2, -0.15) is 13.5 Å². The van der Waals surface area contributed by atoms with Crippen LogP contribution in [-0.2, 0) is 25.9 Å². The van der Waals surface area contributed by atoms with Gasteiger partial charge in [0.25, 0.3) is 0 Å². The summed E-state index contributed by atoms with van der Waals surface area (Å²) in [6, 6.07) is -1.31. The highest BCUT2D eigenvalue weighted by molar-refractivity contribution is 7.80. The molecule has 0 aromatic carbocycles. The lowest BCUT2D eigenvalue weighted by Crippen LogP contribution is -3.11. The Balaban J connectivity index is 0.000000370. The van der Waals surface area contributed by atoms with E-state index in [1.165, 1.54) is 31.0 Å². The monoisotopic (exact) mass is 449 g/mol. The van der Waals surface area contributed by atoms with Crippen LogP contribution in [0.15, 0.2) is 6.07 Å². The van der Waals surface area contributed by atoms with Gasteiger partial charge < -0.3 is 19.7 Å². The molecule has 3 rings (SSSR count). The highest BCUT2D eigenvalue weighted by Crippen LogP contribution is 2.47. The molecule has 10 nitrogen and oxygen atoms in total. The lowest BCUT2D eigenvalue weighted by molar-refractivity contribution is -0.894. The zero-order valence-corrected chi connectivity index (χ0v) is 18.5. The molecule has 2 bridgehead atoms. The van der Waals surface area contributed by atoms with Crippen LogP contribution in [0.25, 0.3) is 0 Å². The van der Waals surface area contributed by atoms with Crippen LogP contribution in [-0.4, -0.2) is 61.1 Å². The Morgan fingerprint density at radius 3 is 2.31 bits per heavy atom. The minimum atomic E-state index is -4.90.